The van der Waals surface area contributed by atoms with Crippen molar-refractivity contribution < 1.29 is 9.47 Å². The van der Waals surface area contributed by atoms with Gasteiger partial charge in [0.1, 0.15) is 23.1 Å². The molecular formula is C22H23N5O2S2. The minimum Gasteiger partial charge on any atom is -0.497 e. The van der Waals surface area contributed by atoms with Crippen LogP contribution in [0.25, 0.3) is 10.6 Å². The fraction of sp³-hybridized carbons (Fsp3) is 0.227. The Bertz CT molecular complexity index is 1170. The molecule has 0 saturated heterocycles. The molecule has 4 rings (SSSR count). The first-order chi connectivity index (χ1) is 15.0. The minimum atomic E-state index is 0.256. The Kier molecular flexibility index (Phi) is 6.43. The number of ether oxygens (including phenoxy) is 2. The zero-order valence-electron chi connectivity index (χ0n) is 17.5. The standard InChI is InChI=1S/C22H23N5O2S2/c1-14-6-4-7-15(2)20(14)29-11-19-25-26-22(27(19)23)31-13-17-12-30-21(24-17)16-8-5-9-18(10-16)28-3/h4-10,12H,11,13,23H2,1-3H3. The van der Waals surface area contributed by atoms with Gasteiger partial charge < -0.3 is 15.3 Å². The average molecular weight is 454 g/mol. The van der Waals surface area contributed by atoms with Crippen LogP contribution in [0.5, 0.6) is 11.5 Å². The molecule has 0 aliphatic heterocycles. The Labute approximate surface area is 189 Å². The quantitative estimate of drug-likeness (QED) is 0.308. The van der Waals surface area contributed by atoms with Gasteiger partial charge >= 0.3 is 0 Å². The van der Waals surface area contributed by atoms with E-state index in [1.54, 1.807) is 18.4 Å². The largest absolute Gasteiger partial charge is 0.497 e. The highest BCUT2D eigenvalue weighted by Gasteiger charge is 2.14. The van der Waals surface area contributed by atoms with Crippen LogP contribution in [0.1, 0.15) is 22.6 Å². The Morgan fingerprint density at radius 2 is 1.87 bits per heavy atom. The van der Waals surface area contributed by atoms with E-state index in [1.165, 1.54) is 16.4 Å². The molecule has 9 heteroatoms. The van der Waals surface area contributed by atoms with E-state index in [0.717, 1.165) is 38.9 Å². The van der Waals surface area contributed by atoms with E-state index < -0.39 is 0 Å². The van der Waals surface area contributed by atoms with Gasteiger partial charge in [-0.1, -0.05) is 42.1 Å². The van der Waals surface area contributed by atoms with E-state index in [4.69, 9.17) is 20.3 Å². The van der Waals surface area contributed by atoms with Crippen molar-refractivity contribution >= 4 is 23.1 Å². The molecule has 0 amide bonds. The molecule has 0 fully saturated rings. The predicted octanol–water partition coefficient (Wildman–Crippen LogP) is 4.61. The summed E-state index contributed by atoms with van der Waals surface area (Å²) in [4.78, 5) is 4.72. The predicted molar refractivity (Wildman–Crippen MR) is 124 cm³/mol. The van der Waals surface area contributed by atoms with Crippen LogP contribution in [-0.2, 0) is 12.4 Å². The lowest BCUT2D eigenvalue weighted by Gasteiger charge is -2.11. The number of nitrogens with two attached hydrogens (primary N) is 1. The summed E-state index contributed by atoms with van der Waals surface area (Å²) in [6.45, 7) is 4.29. The molecule has 2 aromatic carbocycles. The van der Waals surface area contributed by atoms with Crippen LogP contribution < -0.4 is 15.3 Å². The minimum absolute atomic E-state index is 0.256. The van der Waals surface area contributed by atoms with Crippen LogP contribution in [-0.4, -0.2) is 27.0 Å². The number of hydrogen-bond acceptors (Lipinski definition) is 8. The Morgan fingerprint density at radius 1 is 1.10 bits per heavy atom. The second-order valence-electron chi connectivity index (χ2n) is 6.94. The fourth-order valence-corrected chi connectivity index (χ4v) is 4.76. The molecular weight excluding hydrogens is 430 g/mol. The summed E-state index contributed by atoms with van der Waals surface area (Å²) >= 11 is 3.09. The van der Waals surface area contributed by atoms with Gasteiger partial charge in [-0.05, 0) is 37.1 Å². The zero-order valence-corrected chi connectivity index (χ0v) is 19.2. The Morgan fingerprint density at radius 3 is 2.65 bits per heavy atom. The number of hydrogen-bond donors (Lipinski definition) is 1. The summed E-state index contributed by atoms with van der Waals surface area (Å²) in [5.41, 5.74) is 4.15. The fourth-order valence-electron chi connectivity index (χ4n) is 3.07. The highest BCUT2D eigenvalue weighted by Crippen LogP contribution is 2.29. The van der Waals surface area contributed by atoms with E-state index in [1.807, 2.05) is 61.7 Å². The topological polar surface area (TPSA) is 88.1 Å². The van der Waals surface area contributed by atoms with E-state index in [-0.39, 0.29) is 6.61 Å². The maximum Gasteiger partial charge on any atom is 0.210 e. The molecule has 4 aromatic rings. The van der Waals surface area contributed by atoms with Crippen molar-refractivity contribution in [2.45, 2.75) is 31.4 Å². The molecule has 31 heavy (non-hydrogen) atoms. The maximum absolute atomic E-state index is 6.20. The van der Waals surface area contributed by atoms with Crippen LogP contribution in [0.3, 0.4) is 0 Å². The molecule has 0 aliphatic carbocycles. The summed E-state index contributed by atoms with van der Waals surface area (Å²) in [5, 5.41) is 12.0. The van der Waals surface area contributed by atoms with Gasteiger partial charge in [-0.25, -0.2) is 9.66 Å². The first kappa shape index (κ1) is 21.2. The van der Waals surface area contributed by atoms with Gasteiger partial charge in [0.05, 0.1) is 12.8 Å². The molecule has 0 spiro atoms. The van der Waals surface area contributed by atoms with Crippen molar-refractivity contribution in [3.05, 3.63) is 70.5 Å². The first-order valence-electron chi connectivity index (χ1n) is 9.65. The summed E-state index contributed by atoms with van der Waals surface area (Å²) in [6, 6.07) is 13.9. The molecule has 2 aromatic heterocycles. The summed E-state index contributed by atoms with van der Waals surface area (Å²) in [6.07, 6.45) is 0. The van der Waals surface area contributed by atoms with Gasteiger partial charge in [0, 0.05) is 16.7 Å². The number of methoxy groups -OCH3 is 1. The van der Waals surface area contributed by atoms with E-state index >= 15 is 0 Å². The van der Waals surface area contributed by atoms with Crippen LogP contribution in [0.15, 0.2) is 53.0 Å². The van der Waals surface area contributed by atoms with Crippen LogP contribution in [0, 0.1) is 13.8 Å². The van der Waals surface area contributed by atoms with Crippen molar-refractivity contribution in [2.75, 3.05) is 13.0 Å². The normalized spacial score (nSPS) is 10.9. The van der Waals surface area contributed by atoms with Crippen LogP contribution >= 0.6 is 23.1 Å². The molecule has 160 valence electrons. The second kappa shape index (κ2) is 9.40. The van der Waals surface area contributed by atoms with Crippen molar-refractivity contribution in [1.82, 2.24) is 19.9 Å². The smallest absolute Gasteiger partial charge is 0.210 e. The number of thioether (sulfide) groups is 1. The molecule has 2 heterocycles. The average Bonchev–Trinajstić information content (AvgIpc) is 3.39. The van der Waals surface area contributed by atoms with Gasteiger partial charge in [0.25, 0.3) is 0 Å². The van der Waals surface area contributed by atoms with E-state index in [2.05, 4.69) is 10.2 Å². The highest BCUT2D eigenvalue weighted by atomic mass is 32.2. The SMILES string of the molecule is COc1cccc(-c2nc(CSc3nnc(COc4c(C)cccc4C)n3N)cs2)c1. The lowest BCUT2D eigenvalue weighted by molar-refractivity contribution is 0.288. The van der Waals surface area contributed by atoms with Gasteiger partial charge in [0.15, 0.2) is 5.82 Å². The number of rotatable bonds is 8. The molecule has 0 unspecified atom stereocenters. The lowest BCUT2D eigenvalue weighted by atomic mass is 10.1. The number of aryl methyl sites for hydroxylation is 2. The second-order valence-corrected chi connectivity index (χ2v) is 8.74. The third-order valence-corrected chi connectivity index (χ3v) is 6.62. The van der Waals surface area contributed by atoms with E-state index in [9.17, 15) is 0 Å². The van der Waals surface area contributed by atoms with E-state index in [0.29, 0.717) is 16.7 Å². The van der Waals surface area contributed by atoms with Gasteiger partial charge in [-0.3, -0.25) is 0 Å². The molecule has 0 aliphatic rings. The monoisotopic (exact) mass is 453 g/mol. The van der Waals surface area contributed by atoms with Gasteiger partial charge in [-0.2, -0.15) is 0 Å². The van der Waals surface area contributed by atoms with Crippen LogP contribution in [0.2, 0.25) is 0 Å². The molecule has 2 N–H and O–H groups in total. The summed E-state index contributed by atoms with van der Waals surface area (Å²) < 4.78 is 12.7. The molecule has 0 saturated carbocycles. The summed E-state index contributed by atoms with van der Waals surface area (Å²) in [7, 11) is 1.66. The van der Waals surface area contributed by atoms with Crippen LogP contribution in [0.4, 0.5) is 0 Å². The number of benzene rings is 2. The van der Waals surface area contributed by atoms with Crippen molar-refractivity contribution in [3.8, 4) is 22.1 Å². The molecule has 0 bridgehead atoms. The zero-order chi connectivity index (χ0) is 21.8. The Hall–Kier alpha value is -3.04. The number of aromatic nitrogens is 4. The highest BCUT2D eigenvalue weighted by molar-refractivity contribution is 7.98. The van der Waals surface area contributed by atoms with Gasteiger partial charge in [-0.15, -0.1) is 21.5 Å². The third kappa shape index (κ3) is 4.83. The maximum atomic E-state index is 6.20. The van der Waals surface area contributed by atoms with Crippen molar-refractivity contribution in [1.29, 1.82) is 0 Å². The third-order valence-electron chi connectivity index (χ3n) is 4.71. The van der Waals surface area contributed by atoms with Crippen molar-refractivity contribution in [2.24, 2.45) is 0 Å². The number of nitrogen functional groups attached to an aromatic ring is 1. The molecule has 0 radical (unpaired) electrons. The lowest BCUT2D eigenvalue weighted by Crippen LogP contribution is -2.16. The Balaban J connectivity index is 1.39. The van der Waals surface area contributed by atoms with Crippen molar-refractivity contribution in [3.63, 3.8) is 0 Å². The number of nitrogens with zero attached hydrogens (tertiary/aromatic N) is 4. The van der Waals surface area contributed by atoms with Gasteiger partial charge in [0.2, 0.25) is 5.16 Å². The number of thiazole rings is 1. The number of para-hydroxylation sites is 1. The summed E-state index contributed by atoms with van der Waals surface area (Å²) in [5.74, 6) is 9.08. The first-order valence-corrected chi connectivity index (χ1v) is 11.5. The molecule has 0 atom stereocenters. The molecule has 7 nitrogen and oxygen atoms in total.